The van der Waals surface area contributed by atoms with Gasteiger partial charge in [0.1, 0.15) is 11.5 Å². The van der Waals surface area contributed by atoms with E-state index in [9.17, 15) is 9.59 Å². The summed E-state index contributed by atoms with van der Waals surface area (Å²) in [4.78, 5) is 31.5. The zero-order valence-corrected chi connectivity index (χ0v) is 42.4. The maximum Gasteiger partial charge on any atom is 0.196 e. The van der Waals surface area contributed by atoms with Gasteiger partial charge in [0.2, 0.25) is 0 Å². The molecule has 0 radical (unpaired) electrons. The number of ketones is 2. The van der Waals surface area contributed by atoms with Gasteiger partial charge < -0.3 is 20.9 Å². The zero-order chi connectivity index (χ0) is 46.6. The molecule has 0 fully saturated rings. The van der Waals surface area contributed by atoms with Gasteiger partial charge in [-0.15, -0.1) is 0 Å². The lowest BCUT2D eigenvalue weighted by Gasteiger charge is -2.22. The smallest absolute Gasteiger partial charge is 0.196 e. The van der Waals surface area contributed by atoms with Crippen LogP contribution in [0.15, 0.2) is 92.4 Å². The van der Waals surface area contributed by atoms with E-state index < -0.39 is 0 Å². The zero-order valence-electron chi connectivity index (χ0n) is 40.7. The van der Waals surface area contributed by atoms with Crippen LogP contribution in [0.1, 0.15) is 225 Å². The Bertz CT molecular complexity index is 1910. The van der Waals surface area contributed by atoms with Crippen molar-refractivity contribution in [2.45, 2.75) is 213 Å². The first-order chi connectivity index (χ1) is 32.4. The van der Waals surface area contributed by atoms with Crippen molar-refractivity contribution < 1.29 is 19.1 Å². The van der Waals surface area contributed by atoms with Gasteiger partial charge in [-0.3, -0.25) is 9.59 Å². The number of nitrogens with two attached hydrogens (primary N) is 2. The van der Waals surface area contributed by atoms with Crippen LogP contribution in [0.5, 0.6) is 11.5 Å². The van der Waals surface area contributed by atoms with Crippen LogP contribution < -0.4 is 20.9 Å². The van der Waals surface area contributed by atoms with Crippen LogP contribution in [-0.2, 0) is 0 Å². The fraction of sp³-hybridized carbons (Fsp3) is 0.552. The number of anilines is 2. The molecular formula is C58H82N2O4S2. The van der Waals surface area contributed by atoms with E-state index in [1.807, 2.05) is 60.7 Å². The number of fused-ring (bicyclic) bond motifs is 2. The van der Waals surface area contributed by atoms with Crippen LogP contribution in [-0.4, -0.2) is 24.8 Å². The second-order valence-corrected chi connectivity index (χ2v) is 20.7. The topological polar surface area (TPSA) is 105 Å². The fourth-order valence-electron chi connectivity index (χ4n) is 8.98. The SMILES string of the molecule is CCCCCCCCCCCCCCCCOc1ccc(Sc2cccc3c2C(=O)c2c(Sc4ccc(OCCCCCCCCCCCCCCCC)cc4N)cccc2C3=O)c(N)c1. The summed E-state index contributed by atoms with van der Waals surface area (Å²) in [6.45, 7) is 5.88. The number of rotatable bonds is 36. The lowest BCUT2D eigenvalue weighted by atomic mass is 9.84. The second-order valence-electron chi connectivity index (χ2n) is 18.5. The molecule has 66 heavy (non-hydrogen) atoms. The normalized spacial score (nSPS) is 12.1. The molecule has 1 aliphatic rings. The Morgan fingerprint density at radius 3 is 1.02 bits per heavy atom. The minimum absolute atomic E-state index is 0.162. The summed E-state index contributed by atoms with van der Waals surface area (Å²) in [5, 5.41) is 0. The molecule has 0 atom stereocenters. The molecule has 0 saturated carbocycles. The number of hydrogen-bond acceptors (Lipinski definition) is 8. The molecule has 0 bridgehead atoms. The van der Waals surface area contributed by atoms with Crippen molar-refractivity contribution in [3.05, 3.63) is 95.1 Å². The summed E-state index contributed by atoms with van der Waals surface area (Å²) in [6, 6.07) is 22.4. The number of ether oxygens (including phenoxy) is 2. The van der Waals surface area contributed by atoms with Crippen molar-refractivity contribution in [3.63, 3.8) is 0 Å². The maximum absolute atomic E-state index is 14.5. The molecule has 0 spiro atoms. The third-order valence-corrected chi connectivity index (χ3v) is 15.2. The van der Waals surface area contributed by atoms with Crippen LogP contribution in [0.3, 0.4) is 0 Å². The first kappa shape index (κ1) is 53.1. The van der Waals surface area contributed by atoms with E-state index in [1.165, 1.54) is 190 Å². The highest BCUT2D eigenvalue weighted by atomic mass is 32.2. The number of carbonyl (C=O) groups excluding carboxylic acids is 2. The lowest BCUT2D eigenvalue weighted by Crippen LogP contribution is -2.22. The van der Waals surface area contributed by atoms with Crippen LogP contribution in [0, 0.1) is 0 Å². The number of carbonyl (C=O) groups is 2. The van der Waals surface area contributed by atoms with Crippen molar-refractivity contribution in [2.24, 2.45) is 0 Å². The summed E-state index contributed by atoms with van der Waals surface area (Å²) in [5.74, 6) is 1.15. The standard InChI is InChI=1S/C58H82N2O4S2/c1-3-5-7-9-11-13-15-17-19-21-23-25-27-29-41-63-45-37-39-51(49(59)43-45)65-53-35-31-33-47-55(53)58(62)56-48(57(47)61)34-32-36-54(56)66-52-40-38-46(44-50(52)60)64-42-30-28-26-24-22-20-18-16-14-12-10-8-6-4-2/h31-40,43-44H,3-30,41-42,59-60H2,1-2H3. The predicted molar refractivity (Wildman–Crippen MR) is 281 cm³/mol. The largest absolute Gasteiger partial charge is 0.494 e. The summed E-state index contributed by atoms with van der Waals surface area (Å²) < 4.78 is 12.2. The first-order valence-corrected chi connectivity index (χ1v) is 27.8. The molecule has 4 aromatic rings. The molecule has 360 valence electrons. The highest BCUT2D eigenvalue weighted by molar-refractivity contribution is 8.00. The van der Waals surface area contributed by atoms with Gasteiger partial charge in [-0.25, -0.2) is 0 Å². The average Bonchev–Trinajstić information content (AvgIpc) is 3.32. The van der Waals surface area contributed by atoms with Gasteiger partial charge in [-0.05, 0) is 49.2 Å². The third kappa shape index (κ3) is 18.0. The minimum Gasteiger partial charge on any atom is -0.494 e. The number of benzene rings is 4. The molecule has 1 aliphatic carbocycles. The second kappa shape index (κ2) is 31.2. The van der Waals surface area contributed by atoms with Gasteiger partial charge in [0.05, 0.1) is 13.2 Å². The van der Waals surface area contributed by atoms with Crippen molar-refractivity contribution in [2.75, 3.05) is 24.7 Å². The van der Waals surface area contributed by atoms with Gasteiger partial charge in [0.25, 0.3) is 0 Å². The highest BCUT2D eigenvalue weighted by Crippen LogP contribution is 2.44. The van der Waals surface area contributed by atoms with E-state index in [1.54, 1.807) is 12.1 Å². The van der Waals surface area contributed by atoms with Gasteiger partial charge in [0, 0.05) is 65.3 Å². The van der Waals surface area contributed by atoms with Crippen molar-refractivity contribution >= 4 is 46.5 Å². The lowest BCUT2D eigenvalue weighted by molar-refractivity contribution is 0.0974. The fourth-order valence-corrected chi connectivity index (χ4v) is 11.0. The van der Waals surface area contributed by atoms with Crippen LogP contribution in [0.4, 0.5) is 11.4 Å². The van der Waals surface area contributed by atoms with Crippen molar-refractivity contribution in [3.8, 4) is 11.5 Å². The van der Waals surface area contributed by atoms with Crippen molar-refractivity contribution in [1.82, 2.24) is 0 Å². The molecule has 0 aliphatic heterocycles. The van der Waals surface area contributed by atoms with Crippen LogP contribution in [0.25, 0.3) is 0 Å². The van der Waals surface area contributed by atoms with E-state index in [4.69, 9.17) is 20.9 Å². The summed E-state index contributed by atoms with van der Waals surface area (Å²) in [7, 11) is 0. The Balaban J connectivity index is 1.05. The Labute approximate surface area is 407 Å². The average molecular weight is 935 g/mol. The summed E-state index contributed by atoms with van der Waals surface area (Å²) >= 11 is 2.81. The Morgan fingerprint density at radius 2 is 0.697 bits per heavy atom. The molecule has 0 unspecified atom stereocenters. The molecule has 5 rings (SSSR count). The van der Waals surface area contributed by atoms with Crippen molar-refractivity contribution in [1.29, 1.82) is 0 Å². The molecule has 4 N–H and O–H groups in total. The number of unbranched alkanes of at least 4 members (excludes halogenated alkanes) is 26. The van der Waals surface area contributed by atoms with Gasteiger partial charge in [0.15, 0.2) is 11.6 Å². The number of hydrogen-bond donors (Lipinski definition) is 2. The monoisotopic (exact) mass is 935 g/mol. The van der Waals surface area contributed by atoms with Gasteiger partial charge in [-0.2, -0.15) is 0 Å². The van der Waals surface area contributed by atoms with Gasteiger partial charge in [-0.1, -0.05) is 229 Å². The third-order valence-electron chi connectivity index (χ3n) is 12.9. The Kier molecular flexibility index (Phi) is 25.1. The molecule has 0 heterocycles. The van der Waals surface area contributed by atoms with E-state index in [0.29, 0.717) is 56.6 Å². The maximum atomic E-state index is 14.5. The van der Waals surface area contributed by atoms with E-state index in [0.717, 1.165) is 34.1 Å². The van der Waals surface area contributed by atoms with Crippen LogP contribution in [0.2, 0.25) is 0 Å². The molecule has 0 aromatic heterocycles. The summed E-state index contributed by atoms with van der Waals surface area (Å²) in [6.07, 6.45) is 37.1. The minimum atomic E-state index is -0.177. The van der Waals surface area contributed by atoms with Gasteiger partial charge >= 0.3 is 0 Å². The van der Waals surface area contributed by atoms with E-state index >= 15 is 0 Å². The molecule has 6 nitrogen and oxygen atoms in total. The summed E-state index contributed by atoms with van der Waals surface area (Å²) in [5.41, 5.74) is 15.9. The Hall–Kier alpha value is -3.88. The van der Waals surface area contributed by atoms with E-state index in [2.05, 4.69) is 13.8 Å². The number of nitrogen functional groups attached to an aromatic ring is 2. The van der Waals surface area contributed by atoms with Crippen LogP contribution >= 0.6 is 23.5 Å². The molecule has 8 heteroatoms. The molecule has 0 saturated heterocycles. The first-order valence-electron chi connectivity index (χ1n) is 26.2. The quantitative estimate of drug-likeness (QED) is 0.0302. The predicted octanol–water partition coefficient (Wildman–Crippen LogP) is 17.6. The Morgan fingerprint density at radius 1 is 0.379 bits per heavy atom. The highest BCUT2D eigenvalue weighted by Gasteiger charge is 2.34. The molecule has 0 amide bonds. The molecule has 4 aromatic carbocycles. The van der Waals surface area contributed by atoms with E-state index in [-0.39, 0.29) is 11.6 Å². The molecular weight excluding hydrogens is 853 g/mol.